The van der Waals surface area contributed by atoms with E-state index in [1.54, 1.807) is 4.68 Å². The summed E-state index contributed by atoms with van der Waals surface area (Å²) in [6.45, 7) is 2.90. The largest absolute Gasteiger partial charge is 0.481 e. The molecule has 1 fully saturated rings. The zero-order chi connectivity index (χ0) is 13.0. The van der Waals surface area contributed by atoms with Gasteiger partial charge < -0.3 is 5.11 Å². The molecule has 0 bridgehead atoms. The van der Waals surface area contributed by atoms with E-state index in [4.69, 9.17) is 5.11 Å². The Labute approximate surface area is 107 Å². The molecule has 18 heavy (non-hydrogen) atoms. The number of likely N-dealkylation sites (tertiary alicyclic amines) is 1. The number of hydrogen-bond acceptors (Lipinski definition) is 4. The Balaban J connectivity index is 1.71. The second kappa shape index (κ2) is 5.95. The Morgan fingerprint density at radius 1 is 1.50 bits per heavy atom. The molecule has 2 rings (SSSR count). The summed E-state index contributed by atoms with van der Waals surface area (Å²) in [7, 11) is 1.87. The van der Waals surface area contributed by atoms with Gasteiger partial charge in [-0.2, -0.15) is 0 Å². The van der Waals surface area contributed by atoms with Crippen molar-refractivity contribution in [3.63, 3.8) is 0 Å². The Kier molecular flexibility index (Phi) is 4.30. The summed E-state index contributed by atoms with van der Waals surface area (Å²) in [6.07, 6.45) is 5.24. The van der Waals surface area contributed by atoms with Crippen LogP contribution in [0.3, 0.4) is 0 Å². The lowest BCUT2D eigenvalue weighted by atomic mass is 9.92. The number of carboxylic acids is 1. The lowest BCUT2D eigenvalue weighted by Crippen LogP contribution is -2.33. The lowest BCUT2D eigenvalue weighted by molar-refractivity contribution is -0.137. The second-order valence-corrected chi connectivity index (χ2v) is 5.04. The summed E-state index contributed by atoms with van der Waals surface area (Å²) >= 11 is 0. The molecular formula is C12H20N4O2. The van der Waals surface area contributed by atoms with Gasteiger partial charge in [0, 0.05) is 26.2 Å². The van der Waals surface area contributed by atoms with Crippen molar-refractivity contribution >= 4 is 5.97 Å². The second-order valence-electron chi connectivity index (χ2n) is 5.04. The third-order valence-electron chi connectivity index (χ3n) is 3.51. The van der Waals surface area contributed by atoms with Crippen LogP contribution in [0.5, 0.6) is 0 Å². The molecule has 0 amide bonds. The number of nitrogens with zero attached hydrogens (tertiary/aromatic N) is 4. The zero-order valence-electron chi connectivity index (χ0n) is 10.7. The standard InChI is InChI=1S/C12H20N4O2/c1-15-8-11(13-14-15)9-16-6-4-10(5-7-16)2-3-12(17)18/h8,10H,2-7,9H2,1H3,(H,17,18). The van der Waals surface area contributed by atoms with Crippen LogP contribution in [0.15, 0.2) is 6.20 Å². The highest BCUT2D eigenvalue weighted by Gasteiger charge is 2.20. The van der Waals surface area contributed by atoms with E-state index < -0.39 is 5.97 Å². The number of aromatic nitrogens is 3. The highest BCUT2D eigenvalue weighted by atomic mass is 16.4. The fourth-order valence-electron chi connectivity index (χ4n) is 2.46. The Morgan fingerprint density at radius 3 is 2.78 bits per heavy atom. The summed E-state index contributed by atoms with van der Waals surface area (Å²) in [5.41, 5.74) is 1.00. The first-order valence-electron chi connectivity index (χ1n) is 6.43. The van der Waals surface area contributed by atoms with Crippen LogP contribution in [-0.2, 0) is 18.4 Å². The molecule has 1 saturated heterocycles. The number of piperidine rings is 1. The van der Waals surface area contributed by atoms with Gasteiger partial charge in [-0.3, -0.25) is 14.4 Å². The van der Waals surface area contributed by atoms with Gasteiger partial charge in [-0.25, -0.2) is 0 Å². The smallest absolute Gasteiger partial charge is 0.303 e. The highest BCUT2D eigenvalue weighted by Crippen LogP contribution is 2.22. The molecule has 0 unspecified atom stereocenters. The van der Waals surface area contributed by atoms with Gasteiger partial charge in [-0.15, -0.1) is 5.10 Å². The van der Waals surface area contributed by atoms with E-state index in [9.17, 15) is 4.79 Å². The van der Waals surface area contributed by atoms with Crippen molar-refractivity contribution in [2.45, 2.75) is 32.2 Å². The molecule has 2 heterocycles. The predicted molar refractivity (Wildman–Crippen MR) is 65.9 cm³/mol. The minimum absolute atomic E-state index is 0.300. The van der Waals surface area contributed by atoms with E-state index in [2.05, 4.69) is 15.2 Å². The minimum Gasteiger partial charge on any atom is -0.481 e. The van der Waals surface area contributed by atoms with Crippen molar-refractivity contribution in [3.05, 3.63) is 11.9 Å². The average molecular weight is 252 g/mol. The SMILES string of the molecule is Cn1cc(CN2CCC(CCC(=O)O)CC2)nn1. The minimum atomic E-state index is -0.683. The van der Waals surface area contributed by atoms with Crippen molar-refractivity contribution in [1.29, 1.82) is 0 Å². The van der Waals surface area contributed by atoms with Crippen molar-refractivity contribution in [3.8, 4) is 0 Å². The van der Waals surface area contributed by atoms with Gasteiger partial charge in [0.05, 0.1) is 5.69 Å². The number of hydrogen-bond donors (Lipinski definition) is 1. The first kappa shape index (κ1) is 13.0. The first-order valence-corrected chi connectivity index (χ1v) is 6.43. The predicted octanol–water partition coefficient (Wildman–Crippen LogP) is 0.892. The summed E-state index contributed by atoms with van der Waals surface area (Å²) in [4.78, 5) is 12.9. The number of aliphatic carboxylic acids is 1. The molecule has 6 heteroatoms. The maximum Gasteiger partial charge on any atom is 0.303 e. The first-order chi connectivity index (χ1) is 8.63. The van der Waals surface area contributed by atoms with Crippen molar-refractivity contribution in [1.82, 2.24) is 19.9 Å². The average Bonchev–Trinajstić information content (AvgIpc) is 2.74. The third kappa shape index (κ3) is 3.80. The van der Waals surface area contributed by atoms with Gasteiger partial charge in [-0.05, 0) is 38.3 Å². The Bertz CT molecular complexity index is 397. The molecule has 0 radical (unpaired) electrons. The van der Waals surface area contributed by atoms with Crippen LogP contribution < -0.4 is 0 Å². The van der Waals surface area contributed by atoms with Crippen LogP contribution in [0, 0.1) is 5.92 Å². The van der Waals surface area contributed by atoms with E-state index in [1.165, 1.54) is 0 Å². The monoisotopic (exact) mass is 252 g/mol. The maximum absolute atomic E-state index is 10.5. The van der Waals surface area contributed by atoms with E-state index in [0.717, 1.165) is 44.6 Å². The summed E-state index contributed by atoms with van der Waals surface area (Å²) in [6, 6.07) is 0. The molecule has 0 aromatic carbocycles. The highest BCUT2D eigenvalue weighted by molar-refractivity contribution is 5.66. The molecule has 1 aliphatic rings. The van der Waals surface area contributed by atoms with E-state index >= 15 is 0 Å². The summed E-state index contributed by atoms with van der Waals surface area (Å²) in [5, 5.41) is 16.7. The van der Waals surface area contributed by atoms with Gasteiger partial charge in [0.15, 0.2) is 0 Å². The molecular weight excluding hydrogens is 232 g/mol. The molecule has 1 aliphatic heterocycles. The Morgan fingerprint density at radius 2 is 2.22 bits per heavy atom. The van der Waals surface area contributed by atoms with Gasteiger partial charge in [-0.1, -0.05) is 5.21 Å². The molecule has 0 atom stereocenters. The van der Waals surface area contributed by atoms with Crippen LogP contribution in [0.1, 0.15) is 31.4 Å². The molecule has 1 N–H and O–H groups in total. The molecule has 1 aromatic rings. The van der Waals surface area contributed by atoms with Crippen molar-refractivity contribution in [2.75, 3.05) is 13.1 Å². The van der Waals surface area contributed by atoms with E-state index in [1.807, 2.05) is 13.2 Å². The number of carbonyl (C=O) groups is 1. The third-order valence-corrected chi connectivity index (χ3v) is 3.51. The topological polar surface area (TPSA) is 71.2 Å². The molecule has 0 aliphatic carbocycles. The van der Waals surface area contributed by atoms with Crippen LogP contribution in [-0.4, -0.2) is 44.1 Å². The summed E-state index contributed by atoms with van der Waals surface area (Å²) in [5.74, 6) is -0.115. The zero-order valence-corrected chi connectivity index (χ0v) is 10.7. The maximum atomic E-state index is 10.5. The fourth-order valence-corrected chi connectivity index (χ4v) is 2.46. The molecule has 100 valence electrons. The summed E-state index contributed by atoms with van der Waals surface area (Å²) < 4.78 is 1.72. The molecule has 6 nitrogen and oxygen atoms in total. The number of carboxylic acid groups (broad SMARTS) is 1. The molecule has 0 spiro atoms. The molecule has 1 aromatic heterocycles. The fraction of sp³-hybridized carbons (Fsp3) is 0.750. The van der Waals surface area contributed by atoms with Gasteiger partial charge in [0.1, 0.15) is 0 Å². The Hall–Kier alpha value is -1.43. The van der Waals surface area contributed by atoms with Gasteiger partial charge in [0.2, 0.25) is 0 Å². The number of aryl methyl sites for hydroxylation is 1. The normalized spacial score (nSPS) is 18.1. The lowest BCUT2D eigenvalue weighted by Gasteiger charge is -2.31. The van der Waals surface area contributed by atoms with Gasteiger partial charge in [0.25, 0.3) is 0 Å². The van der Waals surface area contributed by atoms with E-state index in [-0.39, 0.29) is 0 Å². The van der Waals surface area contributed by atoms with Crippen molar-refractivity contribution < 1.29 is 9.90 Å². The van der Waals surface area contributed by atoms with Crippen LogP contribution in [0.2, 0.25) is 0 Å². The van der Waals surface area contributed by atoms with Crippen LogP contribution >= 0.6 is 0 Å². The van der Waals surface area contributed by atoms with Gasteiger partial charge >= 0.3 is 5.97 Å². The molecule has 0 saturated carbocycles. The van der Waals surface area contributed by atoms with Crippen LogP contribution in [0.4, 0.5) is 0 Å². The van der Waals surface area contributed by atoms with E-state index in [0.29, 0.717) is 12.3 Å². The quantitative estimate of drug-likeness (QED) is 0.842. The number of rotatable bonds is 5. The van der Waals surface area contributed by atoms with Crippen LogP contribution in [0.25, 0.3) is 0 Å². The van der Waals surface area contributed by atoms with Crippen molar-refractivity contribution in [2.24, 2.45) is 13.0 Å².